The summed E-state index contributed by atoms with van der Waals surface area (Å²) in [5, 5.41) is 3.45. The first-order valence-corrected chi connectivity index (χ1v) is 8.28. The highest BCUT2D eigenvalue weighted by atomic mass is 79.9. The van der Waals surface area contributed by atoms with Crippen molar-refractivity contribution in [2.24, 2.45) is 0 Å². The Balaban J connectivity index is 2.57. The van der Waals surface area contributed by atoms with Gasteiger partial charge in [0.1, 0.15) is 5.82 Å². The van der Waals surface area contributed by atoms with Crippen LogP contribution in [-0.2, 0) is 6.54 Å². The second kappa shape index (κ2) is 7.51. The van der Waals surface area contributed by atoms with E-state index < -0.39 is 0 Å². The van der Waals surface area contributed by atoms with Crippen molar-refractivity contribution in [2.75, 3.05) is 12.8 Å². The van der Waals surface area contributed by atoms with E-state index in [1.165, 1.54) is 6.07 Å². The highest BCUT2D eigenvalue weighted by Gasteiger charge is 2.24. The van der Waals surface area contributed by atoms with Gasteiger partial charge >= 0.3 is 0 Å². The Hall–Kier alpha value is -0.0600. The molecule has 102 valence electrons. The maximum atomic E-state index is 13.2. The largest absolute Gasteiger partial charge is 0.311 e. The van der Waals surface area contributed by atoms with Crippen molar-refractivity contribution in [1.82, 2.24) is 5.32 Å². The topological polar surface area (TPSA) is 12.0 Å². The van der Waals surface area contributed by atoms with Crippen molar-refractivity contribution >= 4 is 27.7 Å². The van der Waals surface area contributed by atoms with Crippen LogP contribution >= 0.6 is 27.7 Å². The number of halogens is 2. The fourth-order valence-electron chi connectivity index (χ4n) is 1.96. The summed E-state index contributed by atoms with van der Waals surface area (Å²) < 4.78 is 14.4. The van der Waals surface area contributed by atoms with E-state index in [1.54, 1.807) is 12.1 Å². The maximum Gasteiger partial charge on any atom is 0.123 e. The van der Waals surface area contributed by atoms with E-state index in [0.29, 0.717) is 11.3 Å². The number of benzene rings is 1. The Morgan fingerprint density at radius 2 is 2.00 bits per heavy atom. The smallest absolute Gasteiger partial charge is 0.123 e. The van der Waals surface area contributed by atoms with Crippen LogP contribution in [0.5, 0.6) is 0 Å². The zero-order chi connectivity index (χ0) is 13.6. The molecule has 0 aliphatic heterocycles. The maximum absolute atomic E-state index is 13.2. The molecule has 0 aromatic heterocycles. The summed E-state index contributed by atoms with van der Waals surface area (Å²) in [5.41, 5.74) is 0.970. The standard InChI is InChI=1S/C14H21BrFNS/c1-4-14(5-2,18-3)10-17-9-11-8-12(16)6-7-13(11)15/h6-8,17H,4-5,9-10H2,1-3H3. The Kier molecular flexibility index (Phi) is 6.67. The monoisotopic (exact) mass is 333 g/mol. The van der Waals surface area contributed by atoms with Crippen molar-refractivity contribution in [2.45, 2.75) is 38.0 Å². The highest BCUT2D eigenvalue weighted by molar-refractivity contribution is 9.10. The number of hydrogen-bond acceptors (Lipinski definition) is 2. The van der Waals surface area contributed by atoms with E-state index >= 15 is 0 Å². The van der Waals surface area contributed by atoms with Crippen LogP contribution in [0.25, 0.3) is 0 Å². The molecule has 0 saturated heterocycles. The van der Waals surface area contributed by atoms with E-state index in [-0.39, 0.29) is 5.82 Å². The average Bonchev–Trinajstić information content (AvgIpc) is 2.39. The van der Waals surface area contributed by atoms with Crippen molar-refractivity contribution in [3.8, 4) is 0 Å². The molecule has 1 aromatic carbocycles. The molecule has 0 atom stereocenters. The van der Waals surface area contributed by atoms with E-state index in [0.717, 1.165) is 29.4 Å². The van der Waals surface area contributed by atoms with Crippen LogP contribution in [0.4, 0.5) is 4.39 Å². The van der Waals surface area contributed by atoms with Gasteiger partial charge in [-0.05, 0) is 42.9 Å². The molecule has 4 heteroatoms. The normalized spacial score (nSPS) is 11.8. The second-order valence-corrected chi connectivity index (χ2v) is 6.56. The summed E-state index contributed by atoms with van der Waals surface area (Å²) >= 11 is 5.36. The molecule has 0 spiro atoms. The molecule has 0 aliphatic rings. The lowest BCUT2D eigenvalue weighted by atomic mass is 10.0. The fraction of sp³-hybridized carbons (Fsp3) is 0.571. The third kappa shape index (κ3) is 4.25. The van der Waals surface area contributed by atoms with E-state index in [1.807, 2.05) is 11.8 Å². The Morgan fingerprint density at radius 3 is 2.56 bits per heavy atom. The van der Waals surface area contributed by atoms with Gasteiger partial charge in [-0.25, -0.2) is 4.39 Å². The first-order valence-electron chi connectivity index (χ1n) is 6.26. The molecule has 1 aromatic rings. The number of nitrogens with one attached hydrogen (secondary N) is 1. The lowest BCUT2D eigenvalue weighted by Crippen LogP contribution is -2.36. The number of rotatable bonds is 7. The number of thioether (sulfide) groups is 1. The second-order valence-electron chi connectivity index (χ2n) is 4.43. The van der Waals surface area contributed by atoms with Crippen LogP contribution in [-0.4, -0.2) is 17.5 Å². The van der Waals surface area contributed by atoms with Crippen LogP contribution in [0.1, 0.15) is 32.3 Å². The molecular weight excluding hydrogens is 313 g/mol. The van der Waals surface area contributed by atoms with Crippen LogP contribution in [0, 0.1) is 5.82 Å². The van der Waals surface area contributed by atoms with Gasteiger partial charge in [-0.2, -0.15) is 11.8 Å². The molecule has 0 saturated carbocycles. The third-order valence-electron chi connectivity index (χ3n) is 3.49. The lowest BCUT2D eigenvalue weighted by Gasteiger charge is -2.30. The predicted octanol–water partition coefficient (Wildman–Crippen LogP) is 4.60. The van der Waals surface area contributed by atoms with Gasteiger partial charge in [-0.3, -0.25) is 0 Å². The highest BCUT2D eigenvalue weighted by Crippen LogP contribution is 2.29. The van der Waals surface area contributed by atoms with Crippen LogP contribution in [0.15, 0.2) is 22.7 Å². The first-order chi connectivity index (χ1) is 8.56. The molecule has 1 N–H and O–H groups in total. The lowest BCUT2D eigenvalue weighted by molar-refractivity contribution is 0.494. The molecule has 0 unspecified atom stereocenters. The zero-order valence-electron chi connectivity index (χ0n) is 11.2. The molecule has 0 bridgehead atoms. The van der Waals surface area contributed by atoms with Gasteiger partial charge in [-0.1, -0.05) is 29.8 Å². The molecule has 0 fully saturated rings. The summed E-state index contributed by atoms with van der Waals surface area (Å²) in [5.74, 6) is -0.183. The molecule has 18 heavy (non-hydrogen) atoms. The van der Waals surface area contributed by atoms with Crippen molar-refractivity contribution < 1.29 is 4.39 Å². The van der Waals surface area contributed by atoms with Crippen molar-refractivity contribution in [1.29, 1.82) is 0 Å². The third-order valence-corrected chi connectivity index (χ3v) is 5.85. The minimum Gasteiger partial charge on any atom is -0.311 e. The molecule has 0 radical (unpaired) electrons. The minimum absolute atomic E-state index is 0.183. The predicted molar refractivity (Wildman–Crippen MR) is 82.6 cm³/mol. The van der Waals surface area contributed by atoms with E-state index in [2.05, 4.69) is 41.3 Å². The SMILES string of the molecule is CCC(CC)(CNCc1cc(F)ccc1Br)SC. The molecule has 0 aliphatic carbocycles. The zero-order valence-corrected chi connectivity index (χ0v) is 13.6. The van der Waals surface area contributed by atoms with Crippen molar-refractivity contribution in [3.63, 3.8) is 0 Å². The van der Waals surface area contributed by atoms with Crippen LogP contribution in [0.3, 0.4) is 0 Å². The molecule has 1 rings (SSSR count). The summed E-state index contributed by atoms with van der Waals surface area (Å²) in [6.45, 7) is 6.09. The van der Waals surface area contributed by atoms with Gasteiger partial charge in [0.2, 0.25) is 0 Å². The van der Waals surface area contributed by atoms with Crippen LogP contribution in [0.2, 0.25) is 0 Å². The van der Waals surface area contributed by atoms with Gasteiger partial charge in [0.05, 0.1) is 0 Å². The summed E-state index contributed by atoms with van der Waals surface area (Å²) in [7, 11) is 0. The Labute approximate surface area is 122 Å². The number of hydrogen-bond donors (Lipinski definition) is 1. The Bertz CT molecular complexity index is 372. The van der Waals surface area contributed by atoms with Gasteiger partial charge < -0.3 is 5.32 Å². The van der Waals surface area contributed by atoms with Gasteiger partial charge in [0.25, 0.3) is 0 Å². The quantitative estimate of drug-likeness (QED) is 0.782. The minimum atomic E-state index is -0.183. The van der Waals surface area contributed by atoms with E-state index in [9.17, 15) is 4.39 Å². The first kappa shape index (κ1) is 16.0. The summed E-state index contributed by atoms with van der Waals surface area (Å²) in [6, 6.07) is 4.81. The Morgan fingerprint density at radius 1 is 1.33 bits per heavy atom. The van der Waals surface area contributed by atoms with Gasteiger partial charge in [-0.15, -0.1) is 0 Å². The summed E-state index contributed by atoms with van der Waals surface area (Å²) in [4.78, 5) is 0. The van der Waals surface area contributed by atoms with Crippen molar-refractivity contribution in [3.05, 3.63) is 34.1 Å². The van der Waals surface area contributed by atoms with Crippen LogP contribution < -0.4 is 5.32 Å². The summed E-state index contributed by atoms with van der Waals surface area (Å²) in [6.07, 6.45) is 4.44. The molecule has 0 heterocycles. The van der Waals surface area contributed by atoms with Gasteiger partial charge in [0.15, 0.2) is 0 Å². The molecule has 0 amide bonds. The van der Waals surface area contributed by atoms with E-state index in [4.69, 9.17) is 0 Å². The average molecular weight is 334 g/mol. The molecule has 1 nitrogen and oxygen atoms in total. The van der Waals surface area contributed by atoms with Gasteiger partial charge in [0, 0.05) is 22.3 Å². The molecular formula is C14H21BrFNS. The fourth-order valence-corrected chi connectivity index (χ4v) is 3.18.